The Labute approximate surface area is 74.3 Å². The number of aliphatic hydroxyl groups is 1. The predicted molar refractivity (Wildman–Crippen MR) is 47.9 cm³/mol. The summed E-state index contributed by atoms with van der Waals surface area (Å²) in [7, 11) is 1.93. The minimum atomic E-state index is -0.510. The summed E-state index contributed by atoms with van der Waals surface area (Å²) >= 11 is 0. The molecule has 0 radical (unpaired) electrons. The third-order valence-corrected chi connectivity index (χ3v) is 2.82. The van der Waals surface area contributed by atoms with Gasteiger partial charge in [0.2, 0.25) is 0 Å². The van der Waals surface area contributed by atoms with E-state index in [1.807, 2.05) is 32.7 Å². The number of nitrogens with zero attached hydrogens (tertiary/aromatic N) is 1. The minimum absolute atomic E-state index is 0.174. The standard InChI is InChI=1S/C9H19NO2/c1-6-7(2)12-9(3,4)8(11)10(6)5/h6-8,11H,1-5H3/t6-,7+,8+/m1/s1. The first-order valence-electron chi connectivity index (χ1n) is 4.44. The van der Waals surface area contributed by atoms with Gasteiger partial charge in [0, 0.05) is 6.04 Å². The van der Waals surface area contributed by atoms with Crippen LogP contribution in [-0.2, 0) is 4.74 Å². The second-order valence-corrected chi connectivity index (χ2v) is 4.21. The van der Waals surface area contributed by atoms with Crippen molar-refractivity contribution < 1.29 is 9.84 Å². The molecule has 3 atom stereocenters. The number of hydrogen-bond donors (Lipinski definition) is 1. The summed E-state index contributed by atoms with van der Waals surface area (Å²) in [5.41, 5.74) is -0.458. The fourth-order valence-corrected chi connectivity index (χ4v) is 1.68. The maximum atomic E-state index is 9.79. The lowest BCUT2D eigenvalue weighted by Crippen LogP contribution is -2.61. The van der Waals surface area contributed by atoms with Gasteiger partial charge < -0.3 is 9.84 Å². The molecule has 12 heavy (non-hydrogen) atoms. The van der Waals surface area contributed by atoms with Gasteiger partial charge in [-0.25, -0.2) is 0 Å². The fraction of sp³-hybridized carbons (Fsp3) is 1.00. The third kappa shape index (κ3) is 1.49. The van der Waals surface area contributed by atoms with Crippen molar-refractivity contribution in [1.29, 1.82) is 0 Å². The zero-order chi connectivity index (χ0) is 9.52. The Morgan fingerprint density at radius 2 is 1.83 bits per heavy atom. The van der Waals surface area contributed by atoms with Gasteiger partial charge in [-0.2, -0.15) is 0 Å². The molecule has 0 unspecified atom stereocenters. The summed E-state index contributed by atoms with van der Waals surface area (Å²) in [6.45, 7) is 7.92. The van der Waals surface area contributed by atoms with E-state index in [1.165, 1.54) is 0 Å². The van der Waals surface area contributed by atoms with Crippen molar-refractivity contribution in [1.82, 2.24) is 4.90 Å². The van der Waals surface area contributed by atoms with E-state index in [2.05, 4.69) is 6.92 Å². The molecule has 0 saturated carbocycles. The highest BCUT2D eigenvalue weighted by atomic mass is 16.5. The lowest BCUT2D eigenvalue weighted by atomic mass is 9.99. The molecule has 1 fully saturated rings. The van der Waals surface area contributed by atoms with Gasteiger partial charge in [-0.3, -0.25) is 4.90 Å². The summed E-state index contributed by atoms with van der Waals surface area (Å²) in [6.07, 6.45) is -0.336. The van der Waals surface area contributed by atoms with Gasteiger partial charge in [0.25, 0.3) is 0 Å². The smallest absolute Gasteiger partial charge is 0.136 e. The number of ether oxygens (including phenoxy) is 1. The third-order valence-electron chi connectivity index (χ3n) is 2.82. The van der Waals surface area contributed by atoms with Gasteiger partial charge >= 0.3 is 0 Å². The van der Waals surface area contributed by atoms with Crippen LogP contribution in [0.4, 0.5) is 0 Å². The summed E-state index contributed by atoms with van der Waals surface area (Å²) in [5.74, 6) is 0. The Morgan fingerprint density at radius 1 is 1.33 bits per heavy atom. The van der Waals surface area contributed by atoms with Crippen molar-refractivity contribution in [2.45, 2.75) is 51.7 Å². The molecule has 0 spiro atoms. The summed E-state index contributed by atoms with van der Waals surface area (Å²) in [5, 5.41) is 9.79. The van der Waals surface area contributed by atoms with E-state index in [0.717, 1.165) is 0 Å². The number of morpholine rings is 1. The molecule has 3 heteroatoms. The number of aliphatic hydroxyl groups excluding tert-OH is 1. The second kappa shape index (κ2) is 2.98. The maximum absolute atomic E-state index is 9.79. The summed E-state index contributed by atoms with van der Waals surface area (Å²) in [4.78, 5) is 1.95. The first kappa shape index (κ1) is 9.96. The summed E-state index contributed by atoms with van der Waals surface area (Å²) in [6, 6.07) is 0.271. The van der Waals surface area contributed by atoms with E-state index in [9.17, 15) is 5.11 Å². The zero-order valence-corrected chi connectivity index (χ0v) is 8.53. The highest BCUT2D eigenvalue weighted by molar-refractivity contribution is 4.89. The molecule has 0 amide bonds. The van der Waals surface area contributed by atoms with E-state index in [1.54, 1.807) is 0 Å². The van der Waals surface area contributed by atoms with E-state index in [4.69, 9.17) is 4.74 Å². The average molecular weight is 173 g/mol. The normalized spacial score (nSPS) is 43.0. The van der Waals surface area contributed by atoms with Crippen LogP contribution in [0.3, 0.4) is 0 Å². The molecule has 1 aliphatic heterocycles. The van der Waals surface area contributed by atoms with Crippen molar-refractivity contribution in [3.63, 3.8) is 0 Å². The second-order valence-electron chi connectivity index (χ2n) is 4.21. The van der Waals surface area contributed by atoms with Crippen LogP contribution in [0.2, 0.25) is 0 Å². The highest BCUT2D eigenvalue weighted by Crippen LogP contribution is 2.28. The first-order valence-corrected chi connectivity index (χ1v) is 4.44. The molecule has 1 heterocycles. The SMILES string of the molecule is C[C@@H]1OC(C)(C)[C@H](O)N(C)[C@@H]1C. The molecule has 1 aliphatic rings. The predicted octanol–water partition coefficient (Wildman–Crippen LogP) is 0.822. The monoisotopic (exact) mass is 173 g/mol. The van der Waals surface area contributed by atoms with Gasteiger partial charge in [0.05, 0.1) is 6.10 Å². The molecule has 0 bridgehead atoms. The minimum Gasteiger partial charge on any atom is -0.375 e. The van der Waals surface area contributed by atoms with Gasteiger partial charge in [-0.1, -0.05) is 0 Å². The van der Waals surface area contributed by atoms with Crippen LogP contribution < -0.4 is 0 Å². The van der Waals surface area contributed by atoms with Crippen LogP contribution in [-0.4, -0.2) is 41.0 Å². The lowest BCUT2D eigenvalue weighted by molar-refractivity contribution is -0.241. The van der Waals surface area contributed by atoms with Crippen molar-refractivity contribution in [2.24, 2.45) is 0 Å². The van der Waals surface area contributed by atoms with Crippen molar-refractivity contribution in [3.8, 4) is 0 Å². The Balaban J connectivity index is 2.78. The first-order chi connectivity index (χ1) is 5.36. The molecule has 1 N–H and O–H groups in total. The van der Waals surface area contributed by atoms with Gasteiger partial charge in [-0.15, -0.1) is 0 Å². The summed E-state index contributed by atoms with van der Waals surface area (Å²) < 4.78 is 5.68. The van der Waals surface area contributed by atoms with Gasteiger partial charge in [-0.05, 0) is 34.7 Å². The van der Waals surface area contributed by atoms with E-state index < -0.39 is 11.8 Å². The van der Waals surface area contributed by atoms with Gasteiger partial charge in [0.1, 0.15) is 11.8 Å². The highest BCUT2D eigenvalue weighted by Gasteiger charge is 2.42. The Hall–Kier alpha value is -0.120. The van der Waals surface area contributed by atoms with Crippen LogP contribution in [0.15, 0.2) is 0 Å². The molecular weight excluding hydrogens is 154 g/mol. The number of likely N-dealkylation sites (N-methyl/N-ethyl adjacent to an activating group) is 1. The Morgan fingerprint density at radius 3 is 2.33 bits per heavy atom. The topological polar surface area (TPSA) is 32.7 Å². The molecule has 72 valence electrons. The molecule has 1 saturated heterocycles. The van der Waals surface area contributed by atoms with Gasteiger partial charge in [0.15, 0.2) is 0 Å². The van der Waals surface area contributed by atoms with Crippen molar-refractivity contribution >= 4 is 0 Å². The number of hydrogen-bond acceptors (Lipinski definition) is 3. The Kier molecular flexibility index (Phi) is 2.47. The molecular formula is C9H19NO2. The lowest BCUT2D eigenvalue weighted by Gasteiger charge is -2.48. The van der Waals surface area contributed by atoms with Crippen molar-refractivity contribution in [3.05, 3.63) is 0 Å². The van der Waals surface area contributed by atoms with Crippen molar-refractivity contribution in [2.75, 3.05) is 7.05 Å². The molecule has 0 aromatic heterocycles. The van der Waals surface area contributed by atoms with E-state index in [0.29, 0.717) is 0 Å². The molecule has 0 aliphatic carbocycles. The zero-order valence-electron chi connectivity index (χ0n) is 8.53. The Bertz CT molecular complexity index is 170. The van der Waals surface area contributed by atoms with Crippen LogP contribution in [0, 0.1) is 0 Å². The molecule has 3 nitrogen and oxygen atoms in total. The fourth-order valence-electron chi connectivity index (χ4n) is 1.68. The van der Waals surface area contributed by atoms with E-state index in [-0.39, 0.29) is 12.1 Å². The van der Waals surface area contributed by atoms with E-state index >= 15 is 0 Å². The average Bonchev–Trinajstić information content (AvgIpc) is 1.97. The van der Waals surface area contributed by atoms with Crippen LogP contribution >= 0.6 is 0 Å². The molecule has 1 rings (SSSR count). The number of rotatable bonds is 0. The molecule has 0 aromatic carbocycles. The van der Waals surface area contributed by atoms with Crippen LogP contribution in [0.5, 0.6) is 0 Å². The van der Waals surface area contributed by atoms with Crippen LogP contribution in [0.25, 0.3) is 0 Å². The van der Waals surface area contributed by atoms with Crippen LogP contribution in [0.1, 0.15) is 27.7 Å². The quantitative estimate of drug-likeness (QED) is 0.588. The molecule has 0 aromatic rings. The largest absolute Gasteiger partial charge is 0.375 e. The maximum Gasteiger partial charge on any atom is 0.136 e.